The van der Waals surface area contributed by atoms with Crippen molar-refractivity contribution < 1.29 is 14.6 Å². The highest BCUT2D eigenvalue weighted by molar-refractivity contribution is 14.1. The molecule has 0 radical (unpaired) electrons. The molecule has 2 bridgehead atoms. The number of alkyl halides is 1. The molecule has 2 aliphatic rings. The van der Waals surface area contributed by atoms with Gasteiger partial charge in [0.2, 0.25) is 0 Å². The molecule has 0 amide bonds. The van der Waals surface area contributed by atoms with E-state index in [-0.39, 0.29) is 12.0 Å². The molecule has 1 aromatic rings. The van der Waals surface area contributed by atoms with Crippen LogP contribution in [-0.2, 0) is 0 Å². The Hall–Kier alpha value is -0.490. The number of ether oxygens (including phenoxy) is 2. The highest BCUT2D eigenvalue weighted by atomic mass is 127. The molecule has 0 aliphatic heterocycles. The van der Waals surface area contributed by atoms with Gasteiger partial charge in [0.05, 0.1) is 20.3 Å². The Morgan fingerprint density at radius 3 is 2.33 bits per heavy atom. The van der Waals surface area contributed by atoms with E-state index in [1.807, 2.05) is 12.1 Å². The smallest absolute Gasteiger partial charge is 0.123 e. The predicted octanol–water partition coefficient (Wildman–Crippen LogP) is 2.84. The Labute approximate surface area is 121 Å². The lowest BCUT2D eigenvalue weighted by Crippen LogP contribution is -2.29. The zero-order chi connectivity index (χ0) is 12.9. The number of hydrogen-bond acceptors (Lipinski definition) is 3. The van der Waals surface area contributed by atoms with Crippen molar-refractivity contribution in [1.29, 1.82) is 0 Å². The van der Waals surface area contributed by atoms with E-state index in [0.717, 1.165) is 24.3 Å². The van der Waals surface area contributed by atoms with Crippen molar-refractivity contribution in [2.75, 3.05) is 14.2 Å². The average Bonchev–Trinajstić information content (AvgIpc) is 2.57. The molecule has 1 saturated carbocycles. The third-order valence-electron chi connectivity index (χ3n) is 4.27. The van der Waals surface area contributed by atoms with Gasteiger partial charge in [-0.2, -0.15) is 0 Å². The number of benzene rings is 1. The van der Waals surface area contributed by atoms with Gasteiger partial charge in [-0.15, -0.1) is 0 Å². The van der Waals surface area contributed by atoms with Crippen LogP contribution in [0.4, 0.5) is 0 Å². The van der Waals surface area contributed by atoms with Crippen LogP contribution in [0.15, 0.2) is 12.1 Å². The lowest BCUT2D eigenvalue weighted by molar-refractivity contribution is 0.113. The topological polar surface area (TPSA) is 38.7 Å². The molecule has 0 spiro atoms. The molecule has 4 atom stereocenters. The van der Waals surface area contributed by atoms with Gasteiger partial charge in [0.25, 0.3) is 0 Å². The van der Waals surface area contributed by atoms with Gasteiger partial charge in [-0.05, 0) is 25.0 Å². The maximum absolute atomic E-state index is 10.3. The summed E-state index contributed by atoms with van der Waals surface area (Å²) in [5, 5.41) is 10.3. The van der Waals surface area contributed by atoms with Gasteiger partial charge in [-0.25, -0.2) is 0 Å². The number of halogens is 1. The van der Waals surface area contributed by atoms with Crippen molar-refractivity contribution in [3.63, 3.8) is 0 Å². The fraction of sp³-hybridized carbons (Fsp3) is 0.571. The number of aliphatic hydroxyl groups is 1. The van der Waals surface area contributed by atoms with Crippen molar-refractivity contribution >= 4 is 22.6 Å². The van der Waals surface area contributed by atoms with Gasteiger partial charge < -0.3 is 14.6 Å². The Balaban J connectivity index is 2.23. The third kappa shape index (κ3) is 1.58. The molecule has 3 rings (SSSR count). The zero-order valence-corrected chi connectivity index (χ0v) is 12.7. The first-order valence-corrected chi connectivity index (χ1v) is 7.50. The third-order valence-corrected chi connectivity index (χ3v) is 5.91. The molecule has 98 valence electrons. The molecule has 18 heavy (non-hydrogen) atoms. The van der Waals surface area contributed by atoms with Crippen molar-refractivity contribution in [3.05, 3.63) is 23.3 Å². The zero-order valence-electron chi connectivity index (χ0n) is 10.5. The second-order valence-electron chi connectivity index (χ2n) is 5.02. The van der Waals surface area contributed by atoms with Gasteiger partial charge >= 0.3 is 0 Å². The lowest BCUT2D eigenvalue weighted by Gasteiger charge is -2.30. The normalized spacial score (nSPS) is 33.1. The maximum Gasteiger partial charge on any atom is 0.123 e. The molecule has 2 aliphatic carbocycles. The number of methoxy groups -OCH3 is 2. The average molecular weight is 360 g/mol. The van der Waals surface area contributed by atoms with Crippen LogP contribution in [0.2, 0.25) is 0 Å². The quantitative estimate of drug-likeness (QED) is 0.651. The summed E-state index contributed by atoms with van der Waals surface area (Å²) < 4.78 is 11.4. The monoisotopic (exact) mass is 360 g/mol. The minimum Gasteiger partial charge on any atom is -0.496 e. The highest BCUT2D eigenvalue weighted by Gasteiger charge is 2.49. The Morgan fingerprint density at radius 1 is 1.11 bits per heavy atom. The molecule has 1 fully saturated rings. The SMILES string of the molecule is COc1ccc(OC)c2c1[C@@H]1C(I)[C@H]2CC[C@H]1O. The van der Waals surface area contributed by atoms with Gasteiger partial charge in [0.1, 0.15) is 11.5 Å². The van der Waals surface area contributed by atoms with Crippen molar-refractivity contribution in [2.45, 2.75) is 34.7 Å². The largest absolute Gasteiger partial charge is 0.496 e. The summed E-state index contributed by atoms with van der Waals surface area (Å²) in [5.41, 5.74) is 2.43. The van der Waals surface area contributed by atoms with E-state index < -0.39 is 0 Å². The van der Waals surface area contributed by atoms with Crippen molar-refractivity contribution in [3.8, 4) is 11.5 Å². The van der Waals surface area contributed by atoms with Crippen LogP contribution in [0.25, 0.3) is 0 Å². The Bertz CT molecular complexity index is 474. The molecule has 3 nitrogen and oxygen atoms in total. The maximum atomic E-state index is 10.3. The number of aliphatic hydroxyl groups excluding tert-OH is 1. The minimum absolute atomic E-state index is 0.185. The first kappa shape index (κ1) is 12.5. The van der Waals surface area contributed by atoms with Crippen LogP contribution in [0.3, 0.4) is 0 Å². The predicted molar refractivity (Wildman–Crippen MR) is 78.1 cm³/mol. The van der Waals surface area contributed by atoms with Crippen LogP contribution < -0.4 is 9.47 Å². The van der Waals surface area contributed by atoms with Gasteiger partial charge in [-0.1, -0.05) is 22.6 Å². The highest BCUT2D eigenvalue weighted by Crippen LogP contribution is 2.59. The van der Waals surface area contributed by atoms with Crippen LogP contribution in [0, 0.1) is 0 Å². The second-order valence-corrected chi connectivity index (χ2v) is 6.46. The number of fused-ring (bicyclic) bond motifs is 5. The minimum atomic E-state index is -0.259. The Kier molecular flexibility index (Phi) is 3.18. The van der Waals surface area contributed by atoms with E-state index >= 15 is 0 Å². The van der Waals surface area contributed by atoms with E-state index in [1.165, 1.54) is 11.1 Å². The lowest BCUT2D eigenvalue weighted by atomic mass is 9.84. The Morgan fingerprint density at radius 2 is 1.72 bits per heavy atom. The summed E-state index contributed by atoms with van der Waals surface area (Å²) in [7, 11) is 3.40. The summed E-state index contributed by atoms with van der Waals surface area (Å²) in [5.74, 6) is 2.50. The molecule has 0 aromatic heterocycles. The van der Waals surface area contributed by atoms with Crippen molar-refractivity contribution in [2.24, 2.45) is 0 Å². The number of hydrogen-bond donors (Lipinski definition) is 1. The van der Waals surface area contributed by atoms with E-state index in [4.69, 9.17) is 9.47 Å². The summed E-state index contributed by atoms with van der Waals surface area (Å²) in [4.78, 5) is 0. The van der Waals surface area contributed by atoms with E-state index in [2.05, 4.69) is 22.6 Å². The van der Waals surface area contributed by atoms with Crippen LogP contribution in [0.1, 0.15) is 35.8 Å². The summed E-state index contributed by atoms with van der Waals surface area (Å²) in [6.45, 7) is 0. The van der Waals surface area contributed by atoms with E-state index in [0.29, 0.717) is 9.84 Å². The molecule has 4 heteroatoms. The molecule has 1 N–H and O–H groups in total. The molecular formula is C14H17IO3. The van der Waals surface area contributed by atoms with Crippen LogP contribution in [-0.4, -0.2) is 29.4 Å². The van der Waals surface area contributed by atoms with Crippen LogP contribution >= 0.6 is 22.6 Å². The fourth-order valence-corrected chi connectivity index (χ4v) is 5.04. The molecule has 1 aromatic carbocycles. The van der Waals surface area contributed by atoms with Gasteiger partial charge in [0, 0.05) is 26.9 Å². The second kappa shape index (κ2) is 4.56. The summed E-state index contributed by atoms with van der Waals surface area (Å²) in [6, 6.07) is 3.93. The van der Waals surface area contributed by atoms with E-state index in [1.54, 1.807) is 14.2 Å². The van der Waals surface area contributed by atoms with Crippen LogP contribution in [0.5, 0.6) is 11.5 Å². The fourth-order valence-electron chi connectivity index (χ4n) is 3.49. The first-order chi connectivity index (χ1) is 8.69. The van der Waals surface area contributed by atoms with Crippen molar-refractivity contribution in [1.82, 2.24) is 0 Å². The molecular weight excluding hydrogens is 343 g/mol. The molecule has 0 heterocycles. The molecule has 1 unspecified atom stereocenters. The summed E-state index contributed by atoms with van der Waals surface area (Å²) >= 11 is 2.48. The number of rotatable bonds is 2. The standard InChI is InChI=1S/C14H17IO3/c1-17-9-5-6-10(18-2)13-11(9)7-3-4-8(16)12(13)14(7)15/h5-8,12,14,16H,3-4H2,1-2H3/t7-,8+,12+,14?/m0/s1. The first-order valence-electron chi connectivity index (χ1n) is 6.26. The summed E-state index contributed by atoms with van der Waals surface area (Å²) in [6.07, 6.45) is 1.64. The van der Waals surface area contributed by atoms with E-state index in [9.17, 15) is 5.11 Å². The van der Waals surface area contributed by atoms with Gasteiger partial charge in [-0.3, -0.25) is 0 Å². The van der Waals surface area contributed by atoms with Gasteiger partial charge in [0.15, 0.2) is 0 Å². The molecule has 0 saturated heterocycles.